The molecule has 6 heteroatoms. The van der Waals surface area contributed by atoms with Crippen LogP contribution in [0.5, 0.6) is 5.75 Å². The zero-order valence-corrected chi connectivity index (χ0v) is 26.1. The lowest BCUT2D eigenvalue weighted by atomic mass is 9.97. The van der Waals surface area contributed by atoms with Crippen LogP contribution in [0.3, 0.4) is 0 Å². The highest BCUT2D eigenvalue weighted by Gasteiger charge is 2.31. The Morgan fingerprint density at radius 1 is 0.860 bits per heavy atom. The van der Waals surface area contributed by atoms with Crippen LogP contribution in [0.25, 0.3) is 22.3 Å². The number of benzene rings is 3. The van der Waals surface area contributed by atoms with Gasteiger partial charge in [-0.15, -0.1) is 0 Å². The molecule has 1 N–H and O–H groups in total. The van der Waals surface area contributed by atoms with E-state index in [1.807, 2.05) is 36.4 Å². The molecule has 222 valence electrons. The second-order valence-electron chi connectivity index (χ2n) is 12.0. The van der Waals surface area contributed by atoms with Gasteiger partial charge in [0.1, 0.15) is 23.3 Å². The minimum atomic E-state index is -0.463. The quantitative estimate of drug-likeness (QED) is 0.173. The zero-order valence-electron chi connectivity index (χ0n) is 26.1. The Bertz CT molecular complexity index is 1670. The average molecular weight is 575 g/mol. The van der Waals surface area contributed by atoms with E-state index in [4.69, 9.17) is 14.7 Å². The zero-order chi connectivity index (χ0) is 30.5. The molecule has 5 aromatic rings. The number of carbonyl (C=O) groups is 1. The van der Waals surface area contributed by atoms with Crippen LogP contribution in [-0.4, -0.2) is 27.6 Å². The summed E-state index contributed by atoms with van der Waals surface area (Å²) in [7, 11) is 1.65. The highest BCUT2D eigenvalue weighted by atomic mass is 16.5. The Hall–Kier alpha value is -4.45. The van der Waals surface area contributed by atoms with Gasteiger partial charge in [0.25, 0.3) is 0 Å². The Labute approximate surface area is 255 Å². The number of hydrogen-bond donors (Lipinski definition) is 1. The summed E-state index contributed by atoms with van der Waals surface area (Å²) in [5.74, 6) is 1.99. The van der Waals surface area contributed by atoms with Crippen molar-refractivity contribution in [3.63, 3.8) is 0 Å². The molecule has 2 aromatic heterocycles. The first-order valence-electron chi connectivity index (χ1n) is 15.2. The average Bonchev–Trinajstić information content (AvgIpc) is 3.33. The number of carbonyl (C=O) groups excluding carboxylic acids is 1. The van der Waals surface area contributed by atoms with E-state index in [2.05, 4.69) is 93.0 Å². The topological polar surface area (TPSA) is 69.0 Å². The van der Waals surface area contributed by atoms with Gasteiger partial charge >= 0.3 is 0 Å². The van der Waals surface area contributed by atoms with Crippen molar-refractivity contribution < 1.29 is 9.53 Å². The second-order valence-corrected chi connectivity index (χ2v) is 12.0. The van der Waals surface area contributed by atoms with Crippen molar-refractivity contribution >= 4 is 16.9 Å². The van der Waals surface area contributed by atoms with Gasteiger partial charge < -0.3 is 14.6 Å². The van der Waals surface area contributed by atoms with Gasteiger partial charge in [0.15, 0.2) is 0 Å². The predicted octanol–water partition coefficient (Wildman–Crippen LogP) is 8.03. The molecule has 43 heavy (non-hydrogen) atoms. The third-order valence-corrected chi connectivity index (χ3v) is 7.87. The standard InChI is InChI=1S/C37H42N4O2/c1-24(2)21-32(37(42)38-23-28-17-19-30(43-6)20-18-28)41-34(29-15-11-8-12-16-29)31(22-27-13-9-7-10-14-27)33-26(5)39-35(25(3)4)40-36(33)41/h7-20,24-25,32H,21-23H2,1-6H3,(H,38,42). The minimum Gasteiger partial charge on any atom is -0.497 e. The maximum absolute atomic E-state index is 14.3. The lowest BCUT2D eigenvalue weighted by Crippen LogP contribution is -2.33. The summed E-state index contributed by atoms with van der Waals surface area (Å²) >= 11 is 0. The molecule has 0 saturated heterocycles. The molecule has 0 spiro atoms. The monoisotopic (exact) mass is 574 g/mol. The van der Waals surface area contributed by atoms with Crippen LogP contribution >= 0.6 is 0 Å². The van der Waals surface area contributed by atoms with Crippen LogP contribution in [-0.2, 0) is 17.8 Å². The van der Waals surface area contributed by atoms with Crippen molar-refractivity contribution in [2.45, 2.75) is 66.0 Å². The molecule has 1 atom stereocenters. The predicted molar refractivity (Wildman–Crippen MR) is 174 cm³/mol. The Morgan fingerprint density at radius 3 is 2.12 bits per heavy atom. The molecule has 0 fully saturated rings. The first kappa shape index (κ1) is 30.0. The molecule has 2 heterocycles. The molecule has 0 bridgehead atoms. The summed E-state index contributed by atoms with van der Waals surface area (Å²) in [6.45, 7) is 11.1. The molecule has 0 aliphatic carbocycles. The van der Waals surface area contributed by atoms with Crippen molar-refractivity contribution in [3.8, 4) is 17.0 Å². The Kier molecular flexibility index (Phi) is 9.24. The highest BCUT2D eigenvalue weighted by molar-refractivity contribution is 5.94. The molecule has 1 unspecified atom stereocenters. The summed E-state index contributed by atoms with van der Waals surface area (Å²) in [6.07, 6.45) is 1.38. The van der Waals surface area contributed by atoms with Crippen LogP contribution in [0.15, 0.2) is 84.9 Å². The molecular formula is C37H42N4O2. The van der Waals surface area contributed by atoms with Gasteiger partial charge in [-0.1, -0.05) is 100 Å². The van der Waals surface area contributed by atoms with Crippen molar-refractivity contribution in [1.29, 1.82) is 0 Å². The first-order valence-corrected chi connectivity index (χ1v) is 15.2. The summed E-state index contributed by atoms with van der Waals surface area (Å²) in [5.41, 5.74) is 7.23. The molecule has 1 amide bonds. The summed E-state index contributed by atoms with van der Waals surface area (Å²) in [6, 6.07) is 28.3. The molecule has 5 rings (SSSR count). The number of hydrogen-bond acceptors (Lipinski definition) is 4. The number of nitrogens with one attached hydrogen (secondary N) is 1. The summed E-state index contributed by atoms with van der Waals surface area (Å²) in [5, 5.41) is 4.28. The normalized spacial score (nSPS) is 12.2. The van der Waals surface area contributed by atoms with E-state index in [-0.39, 0.29) is 17.7 Å². The molecular weight excluding hydrogens is 532 g/mol. The van der Waals surface area contributed by atoms with Crippen molar-refractivity contribution in [2.75, 3.05) is 7.11 Å². The molecule has 6 nitrogen and oxygen atoms in total. The second kappa shape index (κ2) is 13.2. The smallest absolute Gasteiger partial charge is 0.243 e. The van der Waals surface area contributed by atoms with Gasteiger partial charge in [0.2, 0.25) is 5.91 Å². The Morgan fingerprint density at radius 2 is 1.51 bits per heavy atom. The number of aromatic nitrogens is 3. The van der Waals surface area contributed by atoms with Gasteiger partial charge in [0.05, 0.1) is 18.5 Å². The number of nitrogens with zero attached hydrogens (tertiary/aromatic N) is 3. The van der Waals surface area contributed by atoms with Gasteiger partial charge in [-0.05, 0) is 53.6 Å². The lowest BCUT2D eigenvalue weighted by molar-refractivity contribution is -0.124. The minimum absolute atomic E-state index is 0.0211. The molecule has 0 aliphatic heterocycles. The maximum Gasteiger partial charge on any atom is 0.243 e. The summed E-state index contributed by atoms with van der Waals surface area (Å²) in [4.78, 5) is 24.4. The fourth-order valence-electron chi connectivity index (χ4n) is 5.75. The highest BCUT2D eigenvalue weighted by Crippen LogP contribution is 2.40. The third-order valence-electron chi connectivity index (χ3n) is 7.87. The van der Waals surface area contributed by atoms with Crippen molar-refractivity contribution in [3.05, 3.63) is 113 Å². The van der Waals surface area contributed by atoms with Crippen LogP contribution in [0.2, 0.25) is 0 Å². The van der Waals surface area contributed by atoms with E-state index in [1.54, 1.807) is 7.11 Å². The van der Waals surface area contributed by atoms with E-state index in [9.17, 15) is 4.79 Å². The number of methoxy groups -OCH3 is 1. The first-order chi connectivity index (χ1) is 20.8. The largest absolute Gasteiger partial charge is 0.497 e. The number of rotatable bonds is 11. The van der Waals surface area contributed by atoms with E-state index in [0.29, 0.717) is 19.4 Å². The molecule has 3 aromatic carbocycles. The van der Waals surface area contributed by atoms with Crippen molar-refractivity contribution in [2.24, 2.45) is 5.92 Å². The fraction of sp³-hybridized carbons (Fsp3) is 0.324. The Balaban J connectivity index is 1.72. The fourth-order valence-corrected chi connectivity index (χ4v) is 5.75. The van der Waals surface area contributed by atoms with E-state index in [0.717, 1.165) is 50.7 Å². The maximum atomic E-state index is 14.3. The van der Waals surface area contributed by atoms with Crippen LogP contribution < -0.4 is 10.1 Å². The summed E-state index contributed by atoms with van der Waals surface area (Å²) < 4.78 is 7.52. The SMILES string of the molecule is COc1ccc(CNC(=O)C(CC(C)C)n2c(-c3ccccc3)c(Cc3ccccc3)c3c(C)nc(C(C)C)nc32)cc1. The van der Waals surface area contributed by atoms with E-state index >= 15 is 0 Å². The molecule has 0 saturated carbocycles. The number of ether oxygens (including phenoxy) is 1. The number of fused-ring (bicyclic) bond motifs is 1. The van der Waals surface area contributed by atoms with Crippen LogP contribution in [0.4, 0.5) is 0 Å². The van der Waals surface area contributed by atoms with E-state index < -0.39 is 6.04 Å². The van der Waals surface area contributed by atoms with E-state index in [1.165, 1.54) is 5.56 Å². The number of amides is 1. The van der Waals surface area contributed by atoms with Crippen molar-refractivity contribution in [1.82, 2.24) is 19.9 Å². The van der Waals surface area contributed by atoms with Gasteiger partial charge in [-0.2, -0.15) is 0 Å². The molecule has 0 radical (unpaired) electrons. The van der Waals surface area contributed by atoms with Crippen LogP contribution in [0.1, 0.15) is 74.3 Å². The van der Waals surface area contributed by atoms with Gasteiger partial charge in [0, 0.05) is 24.3 Å². The lowest BCUT2D eigenvalue weighted by Gasteiger charge is -2.24. The molecule has 0 aliphatic rings. The van der Waals surface area contributed by atoms with Gasteiger partial charge in [-0.3, -0.25) is 4.79 Å². The van der Waals surface area contributed by atoms with Crippen LogP contribution in [0, 0.1) is 12.8 Å². The van der Waals surface area contributed by atoms with Gasteiger partial charge in [-0.25, -0.2) is 9.97 Å². The third kappa shape index (κ3) is 6.64. The number of aryl methyl sites for hydroxylation is 1.